The van der Waals surface area contributed by atoms with Gasteiger partial charge in [-0.15, -0.1) is 0 Å². The van der Waals surface area contributed by atoms with Gasteiger partial charge >= 0.3 is 0 Å². The van der Waals surface area contributed by atoms with Crippen molar-refractivity contribution in [3.63, 3.8) is 0 Å². The van der Waals surface area contributed by atoms with E-state index in [2.05, 4.69) is 48.5 Å². The van der Waals surface area contributed by atoms with Crippen LogP contribution in [0.3, 0.4) is 0 Å². The molecule has 0 spiro atoms. The van der Waals surface area contributed by atoms with Crippen molar-refractivity contribution in [1.29, 1.82) is 0 Å². The highest BCUT2D eigenvalue weighted by Gasteiger charge is 2.23. The van der Waals surface area contributed by atoms with Gasteiger partial charge < -0.3 is 5.11 Å². The zero-order chi connectivity index (χ0) is 12.7. The molecule has 1 N–H and O–H groups in total. The van der Waals surface area contributed by atoms with Gasteiger partial charge in [-0.25, -0.2) is 0 Å². The first kappa shape index (κ1) is 13.1. The summed E-state index contributed by atoms with van der Waals surface area (Å²) in [5.74, 6) is 0.379. The monoisotopic (exact) mass is 219 g/mol. The molecule has 0 atom stereocenters. The van der Waals surface area contributed by atoms with Gasteiger partial charge in [0.15, 0.2) is 0 Å². The lowest BCUT2D eigenvalue weighted by Crippen LogP contribution is -2.16. The van der Waals surface area contributed by atoms with Crippen LogP contribution in [0.25, 0.3) is 0 Å². The average Bonchev–Trinajstić information content (AvgIpc) is 2.04. The van der Waals surface area contributed by atoms with Crippen molar-refractivity contribution in [2.75, 3.05) is 0 Å². The van der Waals surface area contributed by atoms with Gasteiger partial charge in [-0.1, -0.05) is 47.6 Å². The Balaban J connectivity index is 3.40. The second-order valence-corrected chi connectivity index (χ2v) is 6.53. The quantitative estimate of drug-likeness (QED) is 0.694. The van der Waals surface area contributed by atoms with Gasteiger partial charge in [0.1, 0.15) is 5.75 Å². The minimum Gasteiger partial charge on any atom is -0.508 e. The summed E-state index contributed by atoms with van der Waals surface area (Å²) in [7, 11) is 0. The molecular formula is C15H23O. The van der Waals surface area contributed by atoms with Crippen LogP contribution in [0.2, 0.25) is 0 Å². The van der Waals surface area contributed by atoms with Crippen molar-refractivity contribution in [3.8, 4) is 5.75 Å². The van der Waals surface area contributed by atoms with E-state index in [1.165, 1.54) is 0 Å². The van der Waals surface area contributed by atoms with E-state index in [0.29, 0.717) is 5.75 Å². The zero-order valence-corrected chi connectivity index (χ0v) is 11.3. The highest BCUT2D eigenvalue weighted by atomic mass is 16.3. The van der Waals surface area contributed by atoms with Gasteiger partial charge in [0.2, 0.25) is 0 Å². The van der Waals surface area contributed by atoms with Crippen LogP contribution in [-0.4, -0.2) is 5.11 Å². The molecular weight excluding hydrogens is 196 g/mol. The maximum atomic E-state index is 10.1. The van der Waals surface area contributed by atoms with Crippen LogP contribution in [0.15, 0.2) is 12.1 Å². The first-order valence-corrected chi connectivity index (χ1v) is 5.73. The summed E-state index contributed by atoms with van der Waals surface area (Å²) >= 11 is 0. The third kappa shape index (κ3) is 2.58. The van der Waals surface area contributed by atoms with Crippen molar-refractivity contribution in [2.24, 2.45) is 0 Å². The average molecular weight is 219 g/mol. The van der Waals surface area contributed by atoms with E-state index in [9.17, 15) is 5.11 Å². The Morgan fingerprint density at radius 3 is 1.69 bits per heavy atom. The molecule has 1 aromatic rings. The molecule has 0 aliphatic heterocycles. The van der Waals surface area contributed by atoms with Crippen LogP contribution in [-0.2, 0) is 10.8 Å². The SMILES string of the molecule is [CH2]c1cc(C(C)(C)C)c(O)cc1C(C)(C)C. The fourth-order valence-corrected chi connectivity index (χ4v) is 1.93. The summed E-state index contributed by atoms with van der Waals surface area (Å²) in [6.07, 6.45) is 0. The Morgan fingerprint density at radius 1 is 0.875 bits per heavy atom. The lowest BCUT2D eigenvalue weighted by Gasteiger charge is -2.26. The van der Waals surface area contributed by atoms with E-state index in [0.717, 1.165) is 16.7 Å². The number of rotatable bonds is 0. The van der Waals surface area contributed by atoms with Crippen LogP contribution < -0.4 is 0 Å². The van der Waals surface area contributed by atoms with E-state index in [-0.39, 0.29) is 10.8 Å². The van der Waals surface area contributed by atoms with Crippen molar-refractivity contribution in [3.05, 3.63) is 35.7 Å². The maximum Gasteiger partial charge on any atom is 0.119 e. The third-order valence-electron chi connectivity index (χ3n) is 2.84. The minimum atomic E-state index is -0.0487. The number of hydrogen-bond donors (Lipinski definition) is 1. The number of hydrogen-bond acceptors (Lipinski definition) is 1. The van der Waals surface area contributed by atoms with Crippen LogP contribution in [0.5, 0.6) is 5.75 Å². The third-order valence-corrected chi connectivity index (χ3v) is 2.84. The molecule has 1 aromatic carbocycles. The van der Waals surface area contributed by atoms with E-state index in [1.807, 2.05) is 12.1 Å². The molecule has 0 heterocycles. The summed E-state index contributed by atoms with van der Waals surface area (Å²) in [5.41, 5.74) is 3.05. The molecule has 0 bridgehead atoms. The topological polar surface area (TPSA) is 20.2 Å². The predicted octanol–water partition coefficient (Wildman–Crippen LogP) is 4.17. The number of phenolic OH excluding ortho intramolecular Hbond substituents is 1. The summed E-state index contributed by atoms with van der Waals surface area (Å²) in [5, 5.41) is 10.1. The second kappa shape index (κ2) is 3.80. The summed E-state index contributed by atoms with van der Waals surface area (Å²) in [4.78, 5) is 0. The van der Waals surface area contributed by atoms with E-state index in [4.69, 9.17) is 0 Å². The van der Waals surface area contributed by atoms with Crippen molar-refractivity contribution in [1.82, 2.24) is 0 Å². The van der Waals surface area contributed by atoms with E-state index >= 15 is 0 Å². The van der Waals surface area contributed by atoms with Crippen LogP contribution in [0.1, 0.15) is 58.2 Å². The van der Waals surface area contributed by atoms with Gasteiger partial charge in [-0.3, -0.25) is 0 Å². The van der Waals surface area contributed by atoms with Crippen molar-refractivity contribution >= 4 is 0 Å². The molecule has 0 fully saturated rings. The molecule has 16 heavy (non-hydrogen) atoms. The standard InChI is InChI=1S/C15H23O/c1-10-8-12(15(5,6)7)13(16)9-11(10)14(2,3)4/h8-9,16H,1H2,2-7H3. The largest absolute Gasteiger partial charge is 0.508 e. The van der Waals surface area contributed by atoms with Crippen molar-refractivity contribution < 1.29 is 5.11 Å². The second-order valence-electron chi connectivity index (χ2n) is 6.53. The number of phenols is 1. The smallest absolute Gasteiger partial charge is 0.119 e. The van der Waals surface area contributed by atoms with Gasteiger partial charge in [0, 0.05) is 0 Å². The van der Waals surface area contributed by atoms with E-state index < -0.39 is 0 Å². The number of aromatic hydroxyl groups is 1. The van der Waals surface area contributed by atoms with Crippen LogP contribution >= 0.6 is 0 Å². The molecule has 0 saturated carbocycles. The molecule has 0 aliphatic rings. The molecule has 0 saturated heterocycles. The van der Waals surface area contributed by atoms with Crippen LogP contribution in [0.4, 0.5) is 0 Å². The van der Waals surface area contributed by atoms with Gasteiger partial charge in [-0.2, -0.15) is 0 Å². The maximum absolute atomic E-state index is 10.1. The Labute approximate surface area is 99.5 Å². The minimum absolute atomic E-state index is 0.0188. The first-order chi connectivity index (χ1) is 7.03. The van der Waals surface area contributed by atoms with Crippen molar-refractivity contribution in [2.45, 2.75) is 52.4 Å². The molecule has 0 amide bonds. The highest BCUT2D eigenvalue weighted by molar-refractivity contribution is 5.48. The predicted molar refractivity (Wildman–Crippen MR) is 70.0 cm³/mol. The highest BCUT2D eigenvalue weighted by Crippen LogP contribution is 2.36. The van der Waals surface area contributed by atoms with Gasteiger partial charge in [0.25, 0.3) is 0 Å². The van der Waals surface area contributed by atoms with E-state index in [1.54, 1.807) is 0 Å². The first-order valence-electron chi connectivity index (χ1n) is 5.73. The molecule has 0 unspecified atom stereocenters. The molecule has 1 nitrogen and oxygen atoms in total. The molecule has 0 aromatic heterocycles. The number of benzene rings is 1. The fraction of sp³-hybridized carbons (Fsp3) is 0.533. The molecule has 0 aliphatic carbocycles. The molecule has 1 radical (unpaired) electrons. The fourth-order valence-electron chi connectivity index (χ4n) is 1.93. The zero-order valence-electron chi connectivity index (χ0n) is 11.3. The molecule has 1 rings (SSSR count). The van der Waals surface area contributed by atoms with Crippen LogP contribution in [0, 0.1) is 6.92 Å². The Hall–Kier alpha value is -0.980. The Morgan fingerprint density at radius 2 is 1.31 bits per heavy atom. The van der Waals surface area contributed by atoms with Gasteiger partial charge in [0.05, 0.1) is 0 Å². The lowest BCUT2D eigenvalue weighted by molar-refractivity contribution is 0.442. The van der Waals surface area contributed by atoms with Gasteiger partial charge in [-0.05, 0) is 40.5 Å². The normalized spacial score (nSPS) is 12.9. The lowest BCUT2D eigenvalue weighted by atomic mass is 9.79. The summed E-state index contributed by atoms with van der Waals surface area (Å²) in [6, 6.07) is 3.87. The summed E-state index contributed by atoms with van der Waals surface area (Å²) < 4.78 is 0. The molecule has 89 valence electrons. The molecule has 1 heteroatoms. The Bertz CT molecular complexity index is 349. The Kier molecular flexibility index (Phi) is 3.11. The summed E-state index contributed by atoms with van der Waals surface area (Å²) in [6.45, 7) is 16.8.